The minimum Gasteiger partial charge on any atom is -0.876 e. The maximum Gasteiger partial charge on any atom is 0.0771 e. The molecule has 0 aliphatic heterocycles. The van der Waals surface area contributed by atoms with Crippen LogP contribution in [0.2, 0.25) is 0 Å². The zero-order chi connectivity index (χ0) is 10.7. The summed E-state index contributed by atoms with van der Waals surface area (Å²) in [4.78, 5) is 0. The second-order valence-corrected chi connectivity index (χ2v) is 2.76. The first kappa shape index (κ1) is 14.9. The van der Waals surface area contributed by atoms with Gasteiger partial charge in [0.15, 0.2) is 0 Å². The molecule has 0 aromatic rings. The molecule has 0 amide bonds. The molecular formula is C9H19O4-. The molecule has 4 heteroatoms. The van der Waals surface area contributed by atoms with Gasteiger partial charge >= 0.3 is 0 Å². The summed E-state index contributed by atoms with van der Waals surface area (Å²) >= 11 is 0. The van der Waals surface area contributed by atoms with E-state index >= 15 is 0 Å². The molecule has 0 aliphatic rings. The topological polar surface area (TPSA) is 83.8 Å². The van der Waals surface area contributed by atoms with Gasteiger partial charge < -0.3 is 20.4 Å². The van der Waals surface area contributed by atoms with Gasteiger partial charge in [-0.1, -0.05) is 6.92 Å². The van der Waals surface area contributed by atoms with Gasteiger partial charge in [0.25, 0.3) is 0 Å². The molecule has 0 saturated heterocycles. The molecule has 0 aromatic carbocycles. The van der Waals surface area contributed by atoms with Crippen LogP contribution in [0.1, 0.15) is 26.2 Å². The largest absolute Gasteiger partial charge is 0.876 e. The Kier molecular flexibility index (Phi) is 13.1. The number of aliphatic hydroxyl groups excluding tert-OH is 3. The van der Waals surface area contributed by atoms with Gasteiger partial charge in [-0.3, -0.25) is 0 Å². The molecule has 0 fully saturated rings. The Balaban J connectivity index is 0. The summed E-state index contributed by atoms with van der Waals surface area (Å²) in [7, 11) is 0. The van der Waals surface area contributed by atoms with Gasteiger partial charge in [-0.05, 0) is 19.3 Å². The smallest absolute Gasteiger partial charge is 0.0771 e. The second-order valence-electron chi connectivity index (χ2n) is 2.76. The molecule has 0 saturated carbocycles. The summed E-state index contributed by atoms with van der Waals surface area (Å²) in [5.74, 6) is -0.0833. The summed E-state index contributed by atoms with van der Waals surface area (Å²) < 4.78 is 0. The Morgan fingerprint density at radius 2 is 1.85 bits per heavy atom. The van der Waals surface area contributed by atoms with Crippen LogP contribution in [-0.2, 0) is 0 Å². The lowest BCUT2D eigenvalue weighted by Crippen LogP contribution is -2.11. The number of hydrogen-bond donors (Lipinski definition) is 3. The highest BCUT2D eigenvalue weighted by Gasteiger charge is 1.99. The third-order valence-corrected chi connectivity index (χ3v) is 1.16. The average Bonchev–Trinajstić information content (AvgIpc) is 2.03. The van der Waals surface area contributed by atoms with Gasteiger partial charge in [0.2, 0.25) is 0 Å². The van der Waals surface area contributed by atoms with Crippen LogP contribution >= 0.6 is 0 Å². The van der Waals surface area contributed by atoms with Crippen molar-refractivity contribution >= 4 is 0 Å². The van der Waals surface area contributed by atoms with Crippen LogP contribution in [0.3, 0.4) is 0 Å². The lowest BCUT2D eigenvalue weighted by molar-refractivity contribution is -0.300. The molecule has 1 atom stereocenters. The van der Waals surface area contributed by atoms with Crippen molar-refractivity contribution < 1.29 is 20.4 Å². The molecule has 0 aromatic heterocycles. The molecule has 0 radical (unpaired) electrons. The molecule has 0 rings (SSSR count). The van der Waals surface area contributed by atoms with E-state index in [9.17, 15) is 5.11 Å². The summed E-state index contributed by atoms with van der Waals surface area (Å²) in [6.07, 6.45) is 1.46. The first-order chi connectivity index (χ1) is 6.04. The van der Waals surface area contributed by atoms with E-state index in [2.05, 4.69) is 6.58 Å². The van der Waals surface area contributed by atoms with E-state index in [-0.39, 0.29) is 19.0 Å². The van der Waals surface area contributed by atoms with Crippen molar-refractivity contribution in [3.8, 4) is 0 Å². The molecular weight excluding hydrogens is 172 g/mol. The standard InChI is InChI=1S/C6H14O3.C3H6O/c7-4-2-1-3-6(9)5-8;1-3(2)4/h6-9H,1-5H2;4H,1H2,2H3/p-1. The molecule has 0 bridgehead atoms. The van der Waals surface area contributed by atoms with Crippen molar-refractivity contribution in [2.75, 3.05) is 13.2 Å². The molecule has 4 nitrogen and oxygen atoms in total. The first-order valence-electron chi connectivity index (χ1n) is 4.26. The predicted octanol–water partition coefficient (Wildman–Crippen LogP) is -0.618. The van der Waals surface area contributed by atoms with Crippen LogP contribution in [0.4, 0.5) is 0 Å². The third-order valence-electron chi connectivity index (χ3n) is 1.16. The minimum absolute atomic E-state index is 0.0833. The minimum atomic E-state index is -0.600. The number of rotatable bonds is 5. The molecule has 13 heavy (non-hydrogen) atoms. The second kappa shape index (κ2) is 11.4. The van der Waals surface area contributed by atoms with Crippen LogP contribution in [0, 0.1) is 0 Å². The van der Waals surface area contributed by atoms with E-state index in [1.165, 1.54) is 6.92 Å². The number of allylic oxidation sites excluding steroid dienone is 1. The van der Waals surface area contributed by atoms with Crippen molar-refractivity contribution in [2.45, 2.75) is 32.3 Å². The van der Waals surface area contributed by atoms with E-state index in [0.29, 0.717) is 12.8 Å². The Bertz CT molecular complexity index is 110. The normalized spacial score (nSPS) is 11.4. The van der Waals surface area contributed by atoms with E-state index < -0.39 is 6.10 Å². The third kappa shape index (κ3) is 24.6. The van der Waals surface area contributed by atoms with Crippen molar-refractivity contribution in [1.29, 1.82) is 0 Å². The van der Waals surface area contributed by atoms with Gasteiger partial charge in [0.1, 0.15) is 0 Å². The zero-order valence-corrected chi connectivity index (χ0v) is 8.07. The fraction of sp³-hybridized carbons (Fsp3) is 0.778. The van der Waals surface area contributed by atoms with Crippen molar-refractivity contribution in [1.82, 2.24) is 0 Å². The van der Waals surface area contributed by atoms with E-state index in [1.807, 2.05) is 0 Å². The fourth-order valence-corrected chi connectivity index (χ4v) is 0.583. The Morgan fingerprint density at radius 3 is 2.15 bits per heavy atom. The maximum atomic E-state index is 9.33. The predicted molar refractivity (Wildman–Crippen MR) is 48.8 cm³/mol. The fourth-order valence-electron chi connectivity index (χ4n) is 0.583. The van der Waals surface area contributed by atoms with Crippen molar-refractivity contribution in [3.63, 3.8) is 0 Å². The Hall–Kier alpha value is -0.580. The highest BCUT2D eigenvalue weighted by Crippen LogP contribution is 1.98. The molecule has 1 unspecified atom stereocenters. The van der Waals surface area contributed by atoms with Gasteiger partial charge in [0, 0.05) is 6.61 Å². The van der Waals surface area contributed by atoms with Crippen LogP contribution in [0.25, 0.3) is 0 Å². The van der Waals surface area contributed by atoms with Gasteiger partial charge in [-0.2, -0.15) is 0 Å². The Morgan fingerprint density at radius 1 is 1.38 bits per heavy atom. The van der Waals surface area contributed by atoms with Crippen LogP contribution in [0.15, 0.2) is 12.3 Å². The number of hydrogen-bond acceptors (Lipinski definition) is 4. The highest BCUT2D eigenvalue weighted by atomic mass is 16.3. The lowest BCUT2D eigenvalue weighted by atomic mass is 10.2. The quantitative estimate of drug-likeness (QED) is 0.399. The Labute approximate surface area is 79.2 Å². The van der Waals surface area contributed by atoms with E-state index in [4.69, 9.17) is 15.3 Å². The monoisotopic (exact) mass is 191 g/mol. The summed E-state index contributed by atoms with van der Waals surface area (Å²) in [5, 5.41) is 34.7. The van der Waals surface area contributed by atoms with Gasteiger partial charge in [-0.15, -0.1) is 12.3 Å². The number of aliphatic hydroxyl groups is 3. The summed E-state index contributed by atoms with van der Waals surface area (Å²) in [5.41, 5.74) is 0. The lowest BCUT2D eigenvalue weighted by Gasteiger charge is -2.03. The average molecular weight is 191 g/mol. The zero-order valence-electron chi connectivity index (χ0n) is 8.07. The molecule has 0 heterocycles. The summed E-state index contributed by atoms with van der Waals surface area (Å²) in [6.45, 7) is 4.41. The SMILES string of the molecule is C=C(C)[O-].OCCCCC(O)CO. The maximum absolute atomic E-state index is 9.33. The molecule has 0 spiro atoms. The van der Waals surface area contributed by atoms with Gasteiger partial charge in [-0.25, -0.2) is 0 Å². The molecule has 3 N–H and O–H groups in total. The molecule has 80 valence electrons. The van der Waals surface area contributed by atoms with Crippen molar-refractivity contribution in [2.24, 2.45) is 0 Å². The number of unbranched alkanes of at least 4 members (excludes halogenated alkanes) is 1. The van der Waals surface area contributed by atoms with Gasteiger partial charge in [0.05, 0.1) is 12.7 Å². The summed E-state index contributed by atoms with van der Waals surface area (Å²) in [6, 6.07) is 0. The van der Waals surface area contributed by atoms with Crippen LogP contribution in [-0.4, -0.2) is 34.6 Å². The van der Waals surface area contributed by atoms with Crippen molar-refractivity contribution in [3.05, 3.63) is 12.3 Å². The highest BCUT2D eigenvalue weighted by molar-refractivity contribution is 4.64. The van der Waals surface area contributed by atoms with E-state index in [1.54, 1.807) is 0 Å². The first-order valence-corrected chi connectivity index (χ1v) is 4.26. The van der Waals surface area contributed by atoms with Crippen LogP contribution < -0.4 is 5.11 Å². The molecule has 0 aliphatic carbocycles. The van der Waals surface area contributed by atoms with E-state index in [0.717, 1.165) is 6.42 Å². The van der Waals surface area contributed by atoms with Crippen LogP contribution in [0.5, 0.6) is 0 Å².